The van der Waals surface area contributed by atoms with Gasteiger partial charge in [0.25, 0.3) is 0 Å². The van der Waals surface area contributed by atoms with Crippen LogP contribution in [0, 0.1) is 11.3 Å². The highest BCUT2D eigenvalue weighted by Crippen LogP contribution is 2.44. The van der Waals surface area contributed by atoms with Gasteiger partial charge in [0.05, 0.1) is 6.07 Å². The number of carboxylic acids is 1. The quantitative estimate of drug-likeness (QED) is 0.449. The summed E-state index contributed by atoms with van der Waals surface area (Å²) in [5.74, 6) is -1.27. The van der Waals surface area contributed by atoms with Crippen molar-refractivity contribution in [2.24, 2.45) is 0 Å². The van der Waals surface area contributed by atoms with Gasteiger partial charge >= 0.3 is 12.6 Å². The third-order valence-electron chi connectivity index (χ3n) is 5.17. The number of hydrogen-bond acceptors (Lipinski definition) is 4. The zero-order valence-electron chi connectivity index (χ0n) is 17.3. The molecule has 0 saturated heterocycles. The molecule has 164 valence electrons. The number of benzene rings is 3. The second-order valence-electron chi connectivity index (χ2n) is 7.05. The first-order chi connectivity index (χ1) is 15.4. The molecule has 0 saturated carbocycles. The fraction of sp³-hybridized carbons (Fsp3) is 0.200. The maximum Gasteiger partial charge on any atom is 0.387 e. The van der Waals surface area contributed by atoms with Crippen LogP contribution in [0.5, 0.6) is 17.2 Å². The van der Waals surface area contributed by atoms with E-state index in [0.717, 1.165) is 5.56 Å². The fourth-order valence-corrected chi connectivity index (χ4v) is 3.53. The van der Waals surface area contributed by atoms with Crippen LogP contribution in [-0.2, 0) is 16.6 Å². The van der Waals surface area contributed by atoms with Gasteiger partial charge in [-0.25, -0.2) is 0 Å². The van der Waals surface area contributed by atoms with E-state index in [1.807, 2.05) is 24.3 Å². The number of halogens is 2. The van der Waals surface area contributed by atoms with Crippen molar-refractivity contribution in [3.05, 3.63) is 89.5 Å². The molecule has 1 atom stereocenters. The summed E-state index contributed by atoms with van der Waals surface area (Å²) >= 11 is 0. The minimum atomic E-state index is -3.12. The van der Waals surface area contributed by atoms with Crippen molar-refractivity contribution in [2.75, 3.05) is 0 Å². The van der Waals surface area contributed by atoms with Crippen LogP contribution in [0.1, 0.15) is 30.0 Å². The van der Waals surface area contributed by atoms with Crippen LogP contribution in [0.4, 0.5) is 8.78 Å². The van der Waals surface area contributed by atoms with Gasteiger partial charge in [-0.05, 0) is 35.7 Å². The molecular weight excluding hydrogens is 416 g/mol. The van der Waals surface area contributed by atoms with E-state index in [1.165, 1.54) is 12.1 Å². The van der Waals surface area contributed by atoms with Crippen molar-refractivity contribution >= 4 is 5.97 Å². The van der Waals surface area contributed by atoms with E-state index in [9.17, 15) is 23.9 Å². The Morgan fingerprint density at radius 1 is 1.06 bits per heavy atom. The van der Waals surface area contributed by atoms with E-state index in [-0.39, 0.29) is 29.9 Å². The van der Waals surface area contributed by atoms with Crippen molar-refractivity contribution in [1.29, 1.82) is 5.26 Å². The molecule has 3 aromatic carbocycles. The lowest BCUT2D eigenvalue weighted by Crippen LogP contribution is -2.34. The Hall–Kier alpha value is -3.92. The van der Waals surface area contributed by atoms with Crippen molar-refractivity contribution < 1.29 is 28.2 Å². The normalized spacial score (nSPS) is 12.6. The summed E-state index contributed by atoms with van der Waals surface area (Å²) in [5, 5.41) is 19.8. The first kappa shape index (κ1) is 22.8. The number of hydrogen-bond donors (Lipinski definition) is 1. The summed E-state index contributed by atoms with van der Waals surface area (Å²) in [6.45, 7) is -1.53. The molecular formula is C25H21F2NO4. The lowest BCUT2D eigenvalue weighted by atomic mass is 9.76. The van der Waals surface area contributed by atoms with Crippen molar-refractivity contribution in [2.45, 2.75) is 31.8 Å². The van der Waals surface area contributed by atoms with Crippen molar-refractivity contribution in [3.8, 4) is 23.3 Å². The zero-order chi connectivity index (χ0) is 23.1. The average molecular weight is 437 g/mol. The number of ether oxygens (including phenoxy) is 2. The van der Waals surface area contributed by atoms with Gasteiger partial charge in [0, 0.05) is 12.0 Å². The third-order valence-corrected chi connectivity index (χ3v) is 5.17. The lowest BCUT2D eigenvalue weighted by Gasteiger charge is -2.26. The third kappa shape index (κ3) is 4.70. The van der Waals surface area contributed by atoms with Crippen LogP contribution in [0.2, 0.25) is 0 Å². The Bertz CT molecular complexity index is 1110. The van der Waals surface area contributed by atoms with E-state index in [0.29, 0.717) is 11.3 Å². The molecule has 1 N–H and O–H groups in total. The maximum atomic E-state index is 13.2. The molecule has 3 rings (SSSR count). The Labute approximate surface area is 184 Å². The van der Waals surface area contributed by atoms with Crippen LogP contribution in [0.25, 0.3) is 0 Å². The summed E-state index contributed by atoms with van der Waals surface area (Å²) in [5.41, 5.74) is -0.632. The Morgan fingerprint density at radius 3 is 2.22 bits per heavy atom. The van der Waals surface area contributed by atoms with Gasteiger partial charge in [-0.1, -0.05) is 61.5 Å². The lowest BCUT2D eigenvalue weighted by molar-refractivity contribution is -0.141. The number of para-hydroxylation sites is 1. The van der Waals surface area contributed by atoms with Crippen LogP contribution in [0.3, 0.4) is 0 Å². The largest absolute Gasteiger partial charge is 0.480 e. The summed E-state index contributed by atoms with van der Waals surface area (Å²) < 4.78 is 37.0. The van der Waals surface area contributed by atoms with Gasteiger partial charge in [0.15, 0.2) is 16.9 Å². The number of nitrogens with zero attached hydrogens (tertiary/aromatic N) is 1. The zero-order valence-corrected chi connectivity index (χ0v) is 17.3. The molecule has 32 heavy (non-hydrogen) atoms. The molecule has 0 aliphatic rings. The van der Waals surface area contributed by atoms with Crippen molar-refractivity contribution in [1.82, 2.24) is 0 Å². The first-order valence-electron chi connectivity index (χ1n) is 9.94. The molecule has 0 amide bonds. The molecule has 0 fully saturated rings. The predicted octanol–water partition coefficient (Wildman–Crippen LogP) is 5.93. The van der Waals surface area contributed by atoms with Gasteiger partial charge in [0.1, 0.15) is 5.75 Å². The van der Waals surface area contributed by atoms with E-state index in [2.05, 4.69) is 0 Å². The van der Waals surface area contributed by atoms with E-state index >= 15 is 0 Å². The molecule has 7 heteroatoms. The molecule has 0 radical (unpaired) electrons. The van der Waals surface area contributed by atoms with Gasteiger partial charge in [-0.2, -0.15) is 14.0 Å². The number of aliphatic carboxylic acids is 1. The second kappa shape index (κ2) is 9.92. The molecule has 0 heterocycles. The molecule has 3 aromatic rings. The topological polar surface area (TPSA) is 79.6 Å². The van der Waals surface area contributed by atoms with Gasteiger partial charge in [0.2, 0.25) is 0 Å². The van der Waals surface area contributed by atoms with E-state index in [4.69, 9.17) is 9.47 Å². The Balaban J connectivity index is 2.30. The van der Waals surface area contributed by atoms with Gasteiger partial charge < -0.3 is 14.6 Å². The SMILES string of the molecule is CCC(C#N)(C(=O)O)c1ccc(OC(F)F)c(Oc2ccccc2)c1Cc1ccccc1. The van der Waals surface area contributed by atoms with Crippen LogP contribution < -0.4 is 9.47 Å². The summed E-state index contributed by atoms with van der Waals surface area (Å²) in [6.07, 6.45) is 0.121. The molecule has 0 aliphatic carbocycles. The molecule has 0 aromatic heterocycles. The summed E-state index contributed by atoms with van der Waals surface area (Å²) in [4.78, 5) is 12.2. The van der Waals surface area contributed by atoms with Crippen LogP contribution in [-0.4, -0.2) is 17.7 Å². The maximum absolute atomic E-state index is 13.2. The van der Waals surface area contributed by atoms with Gasteiger partial charge in [-0.15, -0.1) is 0 Å². The van der Waals surface area contributed by atoms with E-state index < -0.39 is 18.0 Å². The van der Waals surface area contributed by atoms with Crippen molar-refractivity contribution in [3.63, 3.8) is 0 Å². The fourth-order valence-electron chi connectivity index (χ4n) is 3.53. The molecule has 0 spiro atoms. The smallest absolute Gasteiger partial charge is 0.387 e. The summed E-state index contributed by atoms with van der Waals surface area (Å²) in [7, 11) is 0. The molecule has 0 bridgehead atoms. The average Bonchev–Trinajstić information content (AvgIpc) is 2.79. The Morgan fingerprint density at radius 2 is 1.69 bits per heavy atom. The first-order valence-corrected chi connectivity index (χ1v) is 9.94. The molecule has 1 unspecified atom stereocenters. The number of carboxylic acid groups (broad SMARTS) is 1. The number of alkyl halides is 2. The Kier molecular flexibility index (Phi) is 7.06. The second-order valence-corrected chi connectivity index (χ2v) is 7.05. The van der Waals surface area contributed by atoms with Gasteiger partial charge in [-0.3, -0.25) is 4.79 Å². The number of nitriles is 1. The molecule has 0 aliphatic heterocycles. The molecule has 5 nitrogen and oxygen atoms in total. The summed E-state index contributed by atoms with van der Waals surface area (Å²) in [6, 6.07) is 22.0. The standard InChI is InChI=1S/C25H21F2NO4/c1-2-25(16-28,23(29)30)20-13-14-21(32-24(26)27)22(31-18-11-7-4-8-12-18)19(20)15-17-9-5-3-6-10-17/h3-14,24H,2,15H2,1H3,(H,29,30). The minimum absolute atomic E-state index is 0.0273. The number of carbonyl (C=O) groups is 1. The number of rotatable bonds is 9. The highest BCUT2D eigenvalue weighted by atomic mass is 19.3. The minimum Gasteiger partial charge on any atom is -0.480 e. The van der Waals surface area contributed by atoms with Crippen LogP contribution >= 0.6 is 0 Å². The van der Waals surface area contributed by atoms with E-state index in [1.54, 1.807) is 49.4 Å². The highest BCUT2D eigenvalue weighted by Gasteiger charge is 2.42. The monoisotopic (exact) mass is 437 g/mol. The highest BCUT2D eigenvalue weighted by molar-refractivity contribution is 5.86. The predicted molar refractivity (Wildman–Crippen MR) is 114 cm³/mol. The van der Waals surface area contributed by atoms with Crippen LogP contribution in [0.15, 0.2) is 72.8 Å².